The SMILES string of the molecule is COC(=O)C(CN(C)C)c1ccccc1Cl. The van der Waals surface area contributed by atoms with Crippen LogP contribution in [0, 0.1) is 0 Å². The summed E-state index contributed by atoms with van der Waals surface area (Å²) in [5, 5.41) is 0.597. The number of nitrogens with zero attached hydrogens (tertiary/aromatic N) is 1. The maximum atomic E-state index is 11.7. The molecular formula is C12H16ClNO2. The smallest absolute Gasteiger partial charge is 0.314 e. The molecule has 0 fully saturated rings. The zero-order valence-corrected chi connectivity index (χ0v) is 10.5. The molecule has 0 amide bonds. The fourth-order valence-corrected chi connectivity index (χ4v) is 1.83. The molecule has 1 rings (SSSR count). The first kappa shape index (κ1) is 13.0. The van der Waals surface area contributed by atoms with Crippen molar-refractivity contribution < 1.29 is 9.53 Å². The van der Waals surface area contributed by atoms with Crippen LogP contribution in [-0.4, -0.2) is 38.6 Å². The Labute approximate surface area is 101 Å². The van der Waals surface area contributed by atoms with E-state index in [-0.39, 0.29) is 11.9 Å². The molecule has 1 unspecified atom stereocenters. The van der Waals surface area contributed by atoms with Crippen LogP contribution in [0.4, 0.5) is 0 Å². The molecule has 88 valence electrons. The topological polar surface area (TPSA) is 29.5 Å². The quantitative estimate of drug-likeness (QED) is 0.757. The maximum Gasteiger partial charge on any atom is 0.314 e. The van der Waals surface area contributed by atoms with E-state index in [1.165, 1.54) is 7.11 Å². The molecule has 0 spiro atoms. The largest absolute Gasteiger partial charge is 0.469 e. The fraction of sp³-hybridized carbons (Fsp3) is 0.417. The van der Waals surface area contributed by atoms with Gasteiger partial charge in [0, 0.05) is 11.6 Å². The van der Waals surface area contributed by atoms with Crippen LogP contribution < -0.4 is 0 Å². The minimum absolute atomic E-state index is 0.262. The first-order valence-corrected chi connectivity index (χ1v) is 5.41. The number of hydrogen-bond acceptors (Lipinski definition) is 3. The predicted octanol–water partition coefficient (Wildman–Crippen LogP) is 2.16. The molecule has 0 N–H and O–H groups in total. The lowest BCUT2D eigenvalue weighted by atomic mass is 9.99. The van der Waals surface area contributed by atoms with Gasteiger partial charge in [0.2, 0.25) is 0 Å². The Bertz CT molecular complexity index is 366. The van der Waals surface area contributed by atoms with Gasteiger partial charge in [-0.05, 0) is 25.7 Å². The van der Waals surface area contributed by atoms with Crippen LogP contribution in [0.2, 0.25) is 5.02 Å². The molecule has 4 heteroatoms. The lowest BCUT2D eigenvalue weighted by molar-refractivity contribution is -0.142. The van der Waals surface area contributed by atoms with Crippen molar-refractivity contribution in [2.24, 2.45) is 0 Å². The van der Waals surface area contributed by atoms with Gasteiger partial charge in [-0.2, -0.15) is 0 Å². The van der Waals surface area contributed by atoms with Crippen LogP contribution in [0.1, 0.15) is 11.5 Å². The van der Waals surface area contributed by atoms with E-state index >= 15 is 0 Å². The number of carbonyl (C=O) groups is 1. The summed E-state index contributed by atoms with van der Waals surface area (Å²) in [5.74, 6) is -0.601. The molecule has 0 aliphatic rings. The predicted molar refractivity (Wildman–Crippen MR) is 64.8 cm³/mol. The molecule has 0 aliphatic heterocycles. The third-order valence-corrected chi connectivity index (χ3v) is 2.66. The Balaban J connectivity index is 3.01. The molecule has 3 nitrogen and oxygen atoms in total. The Morgan fingerprint density at radius 3 is 2.56 bits per heavy atom. The van der Waals surface area contributed by atoms with Gasteiger partial charge in [-0.25, -0.2) is 0 Å². The molecule has 16 heavy (non-hydrogen) atoms. The third kappa shape index (κ3) is 3.22. The summed E-state index contributed by atoms with van der Waals surface area (Å²) < 4.78 is 4.80. The number of halogens is 1. The van der Waals surface area contributed by atoms with Crippen molar-refractivity contribution in [1.82, 2.24) is 4.90 Å². The lowest BCUT2D eigenvalue weighted by Crippen LogP contribution is -2.27. The van der Waals surface area contributed by atoms with Gasteiger partial charge >= 0.3 is 5.97 Å². The van der Waals surface area contributed by atoms with Crippen molar-refractivity contribution in [2.75, 3.05) is 27.7 Å². The van der Waals surface area contributed by atoms with Gasteiger partial charge < -0.3 is 9.64 Å². The van der Waals surface area contributed by atoms with E-state index in [1.807, 2.05) is 37.2 Å². The normalized spacial score (nSPS) is 12.6. The highest BCUT2D eigenvalue weighted by molar-refractivity contribution is 6.31. The molecule has 0 aliphatic carbocycles. The summed E-state index contributed by atoms with van der Waals surface area (Å²) in [5.41, 5.74) is 0.810. The van der Waals surface area contributed by atoms with Crippen molar-refractivity contribution >= 4 is 17.6 Å². The number of benzene rings is 1. The maximum absolute atomic E-state index is 11.7. The Kier molecular flexibility index (Phi) is 4.77. The summed E-state index contributed by atoms with van der Waals surface area (Å²) in [7, 11) is 5.21. The minimum Gasteiger partial charge on any atom is -0.469 e. The highest BCUT2D eigenvalue weighted by atomic mass is 35.5. The van der Waals surface area contributed by atoms with E-state index in [0.717, 1.165) is 5.56 Å². The van der Waals surface area contributed by atoms with Gasteiger partial charge in [-0.15, -0.1) is 0 Å². The molecule has 0 aromatic heterocycles. The average molecular weight is 242 g/mol. The summed E-state index contributed by atoms with van der Waals surface area (Å²) in [4.78, 5) is 13.6. The monoisotopic (exact) mass is 241 g/mol. The van der Waals surface area contributed by atoms with Crippen LogP contribution in [0.5, 0.6) is 0 Å². The Morgan fingerprint density at radius 1 is 1.44 bits per heavy atom. The minimum atomic E-state index is -0.339. The van der Waals surface area contributed by atoms with Crippen LogP contribution in [0.15, 0.2) is 24.3 Å². The van der Waals surface area contributed by atoms with Crippen molar-refractivity contribution in [1.29, 1.82) is 0 Å². The zero-order valence-electron chi connectivity index (χ0n) is 9.74. The zero-order chi connectivity index (χ0) is 12.1. The standard InChI is InChI=1S/C12H16ClNO2/c1-14(2)8-10(12(15)16-3)9-6-4-5-7-11(9)13/h4-7,10H,8H2,1-3H3. The number of likely N-dealkylation sites (N-methyl/N-ethyl adjacent to an activating group) is 1. The molecule has 0 heterocycles. The van der Waals surface area contributed by atoms with Crippen molar-refractivity contribution in [2.45, 2.75) is 5.92 Å². The second-order valence-electron chi connectivity index (χ2n) is 3.86. The van der Waals surface area contributed by atoms with E-state index in [1.54, 1.807) is 6.07 Å². The summed E-state index contributed by atoms with van der Waals surface area (Å²) >= 11 is 6.08. The van der Waals surface area contributed by atoms with Crippen molar-refractivity contribution in [3.8, 4) is 0 Å². The van der Waals surface area contributed by atoms with Gasteiger partial charge in [-0.1, -0.05) is 29.8 Å². The van der Waals surface area contributed by atoms with Gasteiger partial charge in [0.05, 0.1) is 13.0 Å². The first-order valence-electron chi connectivity index (χ1n) is 5.03. The van der Waals surface area contributed by atoms with E-state index in [4.69, 9.17) is 16.3 Å². The summed E-state index contributed by atoms with van der Waals surface area (Å²) in [6, 6.07) is 7.35. The fourth-order valence-electron chi connectivity index (χ4n) is 1.56. The number of ether oxygens (including phenoxy) is 1. The summed E-state index contributed by atoms with van der Waals surface area (Å²) in [6.07, 6.45) is 0. The Hall–Kier alpha value is -1.06. The van der Waals surface area contributed by atoms with E-state index in [9.17, 15) is 4.79 Å². The molecule has 0 saturated carbocycles. The van der Waals surface area contributed by atoms with Gasteiger partial charge in [-0.3, -0.25) is 4.79 Å². The van der Waals surface area contributed by atoms with E-state index < -0.39 is 0 Å². The highest BCUT2D eigenvalue weighted by Crippen LogP contribution is 2.25. The van der Waals surface area contributed by atoms with E-state index in [2.05, 4.69) is 0 Å². The number of hydrogen-bond donors (Lipinski definition) is 0. The molecule has 0 saturated heterocycles. The molecular weight excluding hydrogens is 226 g/mol. The van der Waals surface area contributed by atoms with Crippen molar-refractivity contribution in [3.05, 3.63) is 34.9 Å². The second kappa shape index (κ2) is 5.87. The number of methoxy groups -OCH3 is 1. The van der Waals surface area contributed by atoms with Gasteiger partial charge in [0.1, 0.15) is 0 Å². The molecule has 0 bridgehead atoms. The molecule has 1 aromatic carbocycles. The molecule has 1 aromatic rings. The van der Waals surface area contributed by atoms with Crippen LogP contribution in [0.3, 0.4) is 0 Å². The van der Waals surface area contributed by atoms with Gasteiger partial charge in [0.25, 0.3) is 0 Å². The van der Waals surface area contributed by atoms with E-state index in [0.29, 0.717) is 11.6 Å². The second-order valence-corrected chi connectivity index (χ2v) is 4.27. The summed E-state index contributed by atoms with van der Waals surface area (Å²) in [6.45, 7) is 0.580. The first-order chi connectivity index (χ1) is 7.56. The average Bonchev–Trinajstić information content (AvgIpc) is 2.26. The number of carbonyl (C=O) groups excluding carboxylic acids is 1. The van der Waals surface area contributed by atoms with Crippen LogP contribution >= 0.6 is 11.6 Å². The number of rotatable bonds is 4. The van der Waals surface area contributed by atoms with Gasteiger partial charge in [0.15, 0.2) is 0 Å². The van der Waals surface area contributed by atoms with Crippen LogP contribution in [-0.2, 0) is 9.53 Å². The third-order valence-electron chi connectivity index (χ3n) is 2.31. The number of esters is 1. The van der Waals surface area contributed by atoms with Crippen molar-refractivity contribution in [3.63, 3.8) is 0 Å². The Morgan fingerprint density at radius 2 is 2.06 bits per heavy atom. The molecule has 1 atom stereocenters. The highest BCUT2D eigenvalue weighted by Gasteiger charge is 2.23. The lowest BCUT2D eigenvalue weighted by Gasteiger charge is -2.20. The van der Waals surface area contributed by atoms with Crippen LogP contribution in [0.25, 0.3) is 0 Å². The molecule has 0 radical (unpaired) electrons.